The molecule has 2 atom stereocenters. The van der Waals surface area contributed by atoms with Crippen molar-refractivity contribution in [1.29, 1.82) is 0 Å². The van der Waals surface area contributed by atoms with Crippen molar-refractivity contribution in [3.63, 3.8) is 0 Å². The number of pyridine rings is 1. The molecule has 0 aliphatic carbocycles. The van der Waals surface area contributed by atoms with Crippen LogP contribution in [0.4, 0.5) is 0 Å². The number of carbonyl (C=O) groups excluding carboxylic acids is 2. The van der Waals surface area contributed by atoms with Crippen molar-refractivity contribution >= 4 is 18.0 Å². The number of ether oxygens (including phenoxy) is 2. The van der Waals surface area contributed by atoms with Gasteiger partial charge in [-0.25, -0.2) is 4.79 Å². The Bertz CT molecular complexity index is 733. The molecule has 7 nitrogen and oxygen atoms in total. The van der Waals surface area contributed by atoms with Crippen LogP contribution in [-0.2, 0) is 20.8 Å². The molecule has 1 aliphatic heterocycles. The van der Waals surface area contributed by atoms with E-state index in [1.54, 1.807) is 0 Å². The van der Waals surface area contributed by atoms with Crippen LogP contribution in [0.1, 0.15) is 52.5 Å². The maximum Gasteiger partial charge on any atom is 0.340 e. The summed E-state index contributed by atoms with van der Waals surface area (Å²) >= 11 is 0. The highest BCUT2D eigenvalue weighted by Crippen LogP contribution is 2.34. The number of aliphatic hydroxyl groups is 1. The zero-order chi connectivity index (χ0) is 17.3. The summed E-state index contributed by atoms with van der Waals surface area (Å²) in [7, 11) is 2.42. The Morgan fingerprint density at radius 2 is 2.04 bits per heavy atom. The van der Waals surface area contributed by atoms with Gasteiger partial charge in [0.15, 0.2) is 0 Å². The molecular formula is C16H19NO6. The van der Waals surface area contributed by atoms with Crippen molar-refractivity contribution in [2.75, 3.05) is 14.2 Å². The average Bonchev–Trinajstić information content (AvgIpc) is 2.94. The molecule has 2 rings (SSSR count). The lowest BCUT2D eigenvalue weighted by Gasteiger charge is -2.21. The smallest absolute Gasteiger partial charge is 0.340 e. The molecule has 7 heteroatoms. The minimum Gasteiger partial charge on any atom is -0.469 e. The van der Waals surface area contributed by atoms with Gasteiger partial charge in [0.25, 0.3) is 5.56 Å². The lowest BCUT2D eigenvalue weighted by Crippen LogP contribution is -2.30. The topological polar surface area (TPSA) is 94.8 Å². The third kappa shape index (κ3) is 2.57. The Kier molecular flexibility index (Phi) is 4.70. The van der Waals surface area contributed by atoms with E-state index in [9.17, 15) is 19.5 Å². The molecule has 0 spiro atoms. The number of carbonyl (C=O) groups is 2. The fraction of sp³-hybridized carbons (Fsp3) is 0.438. The second kappa shape index (κ2) is 6.37. The minimum absolute atomic E-state index is 0.0323. The van der Waals surface area contributed by atoms with Crippen molar-refractivity contribution in [1.82, 2.24) is 4.57 Å². The van der Waals surface area contributed by atoms with Gasteiger partial charge in [-0.2, -0.15) is 0 Å². The van der Waals surface area contributed by atoms with E-state index in [0.717, 1.165) is 0 Å². The lowest BCUT2D eigenvalue weighted by atomic mass is 9.89. The highest BCUT2D eigenvalue weighted by atomic mass is 16.5. The number of fused-ring (bicyclic) bond motifs is 1. The molecule has 1 aromatic heterocycles. The summed E-state index contributed by atoms with van der Waals surface area (Å²) in [4.78, 5) is 36.9. The molecule has 23 heavy (non-hydrogen) atoms. The van der Waals surface area contributed by atoms with Gasteiger partial charge in [0.1, 0.15) is 0 Å². The van der Waals surface area contributed by atoms with E-state index in [2.05, 4.69) is 6.58 Å². The molecule has 0 bridgehead atoms. The standard InChI is InChI=1S/C16H19NO6/c1-5-9-11(8(2)15(20)22-3)12(16(21)23-4)13-10(18)6-7-17(13)14(9)19/h5,8,10,18H,1,6-7H2,2-4H3. The molecule has 1 aliphatic rings. The van der Waals surface area contributed by atoms with Crippen LogP contribution in [0.2, 0.25) is 0 Å². The zero-order valence-electron chi connectivity index (χ0n) is 13.3. The average molecular weight is 321 g/mol. The predicted molar refractivity (Wildman–Crippen MR) is 82.1 cm³/mol. The number of aromatic nitrogens is 1. The first-order chi connectivity index (χ1) is 10.9. The summed E-state index contributed by atoms with van der Waals surface area (Å²) in [6, 6.07) is 0. The first-order valence-electron chi connectivity index (χ1n) is 7.16. The maximum atomic E-state index is 12.6. The first kappa shape index (κ1) is 17.0. The Morgan fingerprint density at radius 3 is 2.57 bits per heavy atom. The number of rotatable bonds is 4. The summed E-state index contributed by atoms with van der Waals surface area (Å²) in [5, 5.41) is 10.2. The van der Waals surface area contributed by atoms with Gasteiger partial charge >= 0.3 is 11.9 Å². The molecule has 0 radical (unpaired) electrons. The van der Waals surface area contributed by atoms with Crippen LogP contribution >= 0.6 is 0 Å². The largest absolute Gasteiger partial charge is 0.469 e. The highest BCUT2D eigenvalue weighted by molar-refractivity contribution is 5.96. The molecule has 1 N–H and O–H groups in total. The molecule has 0 amide bonds. The van der Waals surface area contributed by atoms with Gasteiger partial charge in [0, 0.05) is 12.1 Å². The van der Waals surface area contributed by atoms with Gasteiger partial charge < -0.3 is 19.1 Å². The fourth-order valence-corrected chi connectivity index (χ4v) is 2.99. The van der Waals surface area contributed by atoms with Crippen LogP contribution in [0.3, 0.4) is 0 Å². The van der Waals surface area contributed by atoms with Crippen LogP contribution in [0.5, 0.6) is 0 Å². The van der Waals surface area contributed by atoms with Crippen LogP contribution < -0.4 is 5.56 Å². The molecular weight excluding hydrogens is 302 g/mol. The SMILES string of the molecule is C=Cc1c(C(C)C(=O)OC)c(C(=O)OC)c2n(c1=O)CCC2O. The van der Waals surface area contributed by atoms with Gasteiger partial charge in [0.05, 0.1) is 37.5 Å². The van der Waals surface area contributed by atoms with Crippen molar-refractivity contribution in [2.24, 2.45) is 0 Å². The minimum atomic E-state index is -0.973. The quantitative estimate of drug-likeness (QED) is 0.831. The summed E-state index contributed by atoms with van der Waals surface area (Å²) < 4.78 is 10.9. The zero-order valence-corrected chi connectivity index (χ0v) is 13.3. The van der Waals surface area contributed by atoms with Gasteiger partial charge in [-0.1, -0.05) is 12.7 Å². The molecule has 0 saturated heterocycles. The Labute approximate surface area is 133 Å². The second-order valence-electron chi connectivity index (χ2n) is 5.29. The van der Waals surface area contributed by atoms with Crippen LogP contribution in [0.25, 0.3) is 6.08 Å². The molecule has 2 heterocycles. The van der Waals surface area contributed by atoms with E-state index in [4.69, 9.17) is 9.47 Å². The number of methoxy groups -OCH3 is 2. The molecule has 1 aromatic rings. The van der Waals surface area contributed by atoms with Gasteiger partial charge in [-0.05, 0) is 18.9 Å². The summed E-state index contributed by atoms with van der Waals surface area (Å²) in [6.07, 6.45) is 0.646. The number of nitrogens with zero attached hydrogens (tertiary/aromatic N) is 1. The van der Waals surface area contributed by atoms with E-state index < -0.39 is 29.5 Å². The molecule has 0 saturated carbocycles. The van der Waals surface area contributed by atoms with Crippen LogP contribution in [0, 0.1) is 0 Å². The Hall–Kier alpha value is -2.41. The molecule has 0 fully saturated rings. The maximum absolute atomic E-state index is 12.6. The normalized spacial score (nSPS) is 17.3. The predicted octanol–water partition coefficient (Wildman–Crippen LogP) is 0.991. The third-order valence-electron chi connectivity index (χ3n) is 4.11. The van der Waals surface area contributed by atoms with E-state index in [1.165, 1.54) is 31.8 Å². The number of hydrogen-bond acceptors (Lipinski definition) is 6. The number of hydrogen-bond donors (Lipinski definition) is 1. The van der Waals surface area contributed by atoms with Crippen molar-refractivity contribution in [3.8, 4) is 0 Å². The van der Waals surface area contributed by atoms with Crippen LogP contribution in [0.15, 0.2) is 11.4 Å². The molecule has 2 unspecified atom stereocenters. The van der Waals surface area contributed by atoms with Gasteiger partial charge in [-0.15, -0.1) is 0 Å². The highest BCUT2D eigenvalue weighted by Gasteiger charge is 2.36. The van der Waals surface area contributed by atoms with Gasteiger partial charge in [-0.3, -0.25) is 9.59 Å². The second-order valence-corrected chi connectivity index (χ2v) is 5.29. The number of aliphatic hydroxyl groups excluding tert-OH is 1. The van der Waals surface area contributed by atoms with E-state index in [1.807, 2.05) is 0 Å². The van der Waals surface area contributed by atoms with Crippen molar-refractivity contribution in [3.05, 3.63) is 39.3 Å². The van der Waals surface area contributed by atoms with Gasteiger partial charge in [0.2, 0.25) is 0 Å². The summed E-state index contributed by atoms with van der Waals surface area (Å²) in [5.74, 6) is -2.20. The van der Waals surface area contributed by atoms with Crippen molar-refractivity contribution in [2.45, 2.75) is 31.9 Å². The Balaban J connectivity index is 2.92. The summed E-state index contributed by atoms with van der Waals surface area (Å²) in [6.45, 7) is 5.42. The molecule has 0 aromatic carbocycles. The third-order valence-corrected chi connectivity index (χ3v) is 4.11. The van der Waals surface area contributed by atoms with Crippen LogP contribution in [-0.4, -0.2) is 35.8 Å². The van der Waals surface area contributed by atoms with E-state index >= 15 is 0 Å². The summed E-state index contributed by atoms with van der Waals surface area (Å²) in [5.41, 5.74) is 0.130. The first-order valence-corrected chi connectivity index (χ1v) is 7.16. The molecule has 124 valence electrons. The fourth-order valence-electron chi connectivity index (χ4n) is 2.99. The lowest BCUT2D eigenvalue weighted by molar-refractivity contribution is -0.142. The number of esters is 2. The van der Waals surface area contributed by atoms with E-state index in [-0.39, 0.29) is 28.9 Å². The monoisotopic (exact) mass is 321 g/mol. The van der Waals surface area contributed by atoms with Crippen molar-refractivity contribution < 1.29 is 24.2 Å². The van der Waals surface area contributed by atoms with E-state index in [0.29, 0.717) is 6.42 Å². The Morgan fingerprint density at radius 1 is 1.39 bits per heavy atom.